The monoisotopic (exact) mass is 387 g/mol. The van der Waals surface area contributed by atoms with E-state index in [4.69, 9.17) is 5.11 Å². The molecule has 2 atom stereocenters. The van der Waals surface area contributed by atoms with Crippen molar-refractivity contribution in [1.82, 2.24) is 4.31 Å². The molecule has 2 rings (SSSR count). The molecule has 9 heteroatoms. The number of benzene rings is 1. The predicted octanol–water partition coefficient (Wildman–Crippen LogP) is 1.92. The first-order valence-electron chi connectivity index (χ1n) is 6.03. The van der Waals surface area contributed by atoms with Gasteiger partial charge in [0.1, 0.15) is 16.6 Å². The largest absolute Gasteiger partial charge is 0.417 e. The van der Waals surface area contributed by atoms with Crippen molar-refractivity contribution in [3.8, 4) is 0 Å². The lowest BCUT2D eigenvalue weighted by molar-refractivity contribution is -0.139. The number of rotatable bonds is 3. The summed E-state index contributed by atoms with van der Waals surface area (Å²) in [6.07, 6.45) is -4.46. The van der Waals surface area contributed by atoms with E-state index in [0.29, 0.717) is 0 Å². The van der Waals surface area contributed by atoms with Crippen molar-refractivity contribution < 1.29 is 27.6 Å². The van der Waals surface area contributed by atoms with Gasteiger partial charge in [-0.05, 0) is 24.6 Å². The average molecular weight is 388 g/mol. The van der Waals surface area contributed by atoms with Crippen LogP contribution in [0.2, 0.25) is 0 Å². The van der Waals surface area contributed by atoms with Crippen LogP contribution in [0.15, 0.2) is 27.6 Å². The highest BCUT2D eigenvalue weighted by atomic mass is 79.9. The molecule has 1 aromatic rings. The highest BCUT2D eigenvalue weighted by Crippen LogP contribution is 2.37. The third-order valence-corrected chi connectivity index (χ3v) is 5.27. The summed E-state index contributed by atoms with van der Waals surface area (Å²) in [7, 11) is -2.05. The lowest BCUT2D eigenvalue weighted by Gasteiger charge is -2.21. The standard InChI is InChI=1S/C12H13BrF3NO3S/c13-8-1-2-10(9(5-8)12(14,15)16)21(20)17-4-3-11(19,6-17)7-18/h1-2,5,18-19H,3-4,6-7H2. The predicted molar refractivity (Wildman–Crippen MR) is 73.8 cm³/mol. The molecule has 2 unspecified atom stereocenters. The molecule has 0 bridgehead atoms. The molecular weight excluding hydrogens is 375 g/mol. The van der Waals surface area contributed by atoms with E-state index in [0.717, 1.165) is 12.1 Å². The zero-order chi connectivity index (χ0) is 15.8. The molecule has 0 spiro atoms. The molecular formula is C12H13BrF3NO3S. The Balaban J connectivity index is 2.33. The minimum Gasteiger partial charge on any atom is -0.393 e. The highest BCUT2D eigenvalue weighted by molar-refractivity contribution is 9.10. The van der Waals surface area contributed by atoms with Crippen LogP contribution in [0.5, 0.6) is 0 Å². The second-order valence-electron chi connectivity index (χ2n) is 4.88. The molecule has 21 heavy (non-hydrogen) atoms. The van der Waals surface area contributed by atoms with Crippen molar-refractivity contribution in [1.29, 1.82) is 0 Å². The highest BCUT2D eigenvalue weighted by Gasteiger charge is 2.41. The van der Waals surface area contributed by atoms with Gasteiger partial charge in [0.25, 0.3) is 0 Å². The molecule has 2 N–H and O–H groups in total. The van der Waals surface area contributed by atoms with E-state index in [1.54, 1.807) is 0 Å². The van der Waals surface area contributed by atoms with Gasteiger partial charge in [0, 0.05) is 17.6 Å². The summed E-state index contributed by atoms with van der Waals surface area (Å²) in [6, 6.07) is 3.41. The summed E-state index contributed by atoms with van der Waals surface area (Å²) in [5.74, 6) is 0. The molecule has 1 fully saturated rings. The maximum atomic E-state index is 13.0. The van der Waals surface area contributed by atoms with E-state index in [9.17, 15) is 22.5 Å². The average Bonchev–Trinajstić information content (AvgIpc) is 2.80. The normalized spacial score (nSPS) is 25.2. The molecule has 0 radical (unpaired) electrons. The van der Waals surface area contributed by atoms with Gasteiger partial charge < -0.3 is 10.2 Å². The minimum absolute atomic E-state index is 0.135. The molecule has 0 aliphatic carbocycles. The second-order valence-corrected chi connectivity index (χ2v) is 7.25. The number of nitrogens with zero attached hydrogens (tertiary/aromatic N) is 1. The summed E-state index contributed by atoms with van der Waals surface area (Å²) < 4.78 is 52.9. The van der Waals surface area contributed by atoms with Crippen LogP contribution in [-0.2, 0) is 17.2 Å². The van der Waals surface area contributed by atoms with Crippen LogP contribution in [0.1, 0.15) is 12.0 Å². The molecule has 0 saturated carbocycles. The Labute approximate surface area is 130 Å². The zero-order valence-corrected chi connectivity index (χ0v) is 13.1. The molecule has 1 saturated heterocycles. The minimum atomic E-state index is -4.62. The van der Waals surface area contributed by atoms with E-state index in [-0.39, 0.29) is 28.9 Å². The van der Waals surface area contributed by atoms with E-state index >= 15 is 0 Å². The summed E-state index contributed by atoms with van der Waals surface area (Å²) in [5, 5.41) is 18.9. The summed E-state index contributed by atoms with van der Waals surface area (Å²) in [4.78, 5) is -0.354. The Hall–Kier alpha value is -0.480. The van der Waals surface area contributed by atoms with Crippen molar-refractivity contribution in [2.45, 2.75) is 23.1 Å². The Morgan fingerprint density at radius 1 is 1.43 bits per heavy atom. The van der Waals surface area contributed by atoms with Crippen molar-refractivity contribution in [3.63, 3.8) is 0 Å². The third kappa shape index (κ3) is 3.65. The molecule has 118 valence electrons. The quantitative estimate of drug-likeness (QED) is 0.832. The Morgan fingerprint density at radius 3 is 2.62 bits per heavy atom. The van der Waals surface area contributed by atoms with Gasteiger partial charge in [0.2, 0.25) is 0 Å². The van der Waals surface area contributed by atoms with Gasteiger partial charge in [-0.15, -0.1) is 0 Å². The van der Waals surface area contributed by atoms with Crippen LogP contribution in [0.4, 0.5) is 13.2 Å². The van der Waals surface area contributed by atoms with Crippen molar-refractivity contribution in [2.75, 3.05) is 19.7 Å². The molecule has 1 aromatic carbocycles. The van der Waals surface area contributed by atoms with Gasteiger partial charge in [-0.2, -0.15) is 13.2 Å². The fourth-order valence-electron chi connectivity index (χ4n) is 2.10. The van der Waals surface area contributed by atoms with Gasteiger partial charge in [0.05, 0.1) is 17.1 Å². The van der Waals surface area contributed by atoms with Crippen LogP contribution in [0.25, 0.3) is 0 Å². The molecule has 4 nitrogen and oxygen atoms in total. The van der Waals surface area contributed by atoms with Crippen LogP contribution in [0.3, 0.4) is 0 Å². The van der Waals surface area contributed by atoms with Crippen LogP contribution in [0, 0.1) is 0 Å². The van der Waals surface area contributed by atoms with E-state index in [1.807, 2.05) is 0 Å². The fourth-order valence-corrected chi connectivity index (χ4v) is 3.91. The second kappa shape index (κ2) is 5.96. The molecule has 1 heterocycles. The number of aliphatic hydroxyl groups is 2. The van der Waals surface area contributed by atoms with E-state index < -0.39 is 34.9 Å². The van der Waals surface area contributed by atoms with Gasteiger partial charge in [-0.1, -0.05) is 15.9 Å². The first kappa shape index (κ1) is 16.9. The number of β-amino-alcohol motifs (C(OH)–C–C–N with tert-alkyl or cyclic N) is 1. The molecule has 1 aliphatic rings. The van der Waals surface area contributed by atoms with Crippen molar-refractivity contribution in [3.05, 3.63) is 28.2 Å². The Bertz CT molecular complexity index is 569. The lowest BCUT2D eigenvalue weighted by atomic mass is 10.1. The van der Waals surface area contributed by atoms with Gasteiger partial charge in [-0.3, -0.25) is 0 Å². The number of halogens is 4. The van der Waals surface area contributed by atoms with Crippen LogP contribution >= 0.6 is 15.9 Å². The Kier molecular flexibility index (Phi) is 4.79. The fraction of sp³-hybridized carbons (Fsp3) is 0.500. The van der Waals surface area contributed by atoms with Crippen LogP contribution in [-0.4, -0.2) is 44.0 Å². The van der Waals surface area contributed by atoms with E-state index in [1.165, 1.54) is 10.4 Å². The molecule has 0 aromatic heterocycles. The first-order chi connectivity index (χ1) is 9.66. The third-order valence-electron chi connectivity index (χ3n) is 3.26. The number of aliphatic hydroxyl groups excluding tert-OH is 1. The van der Waals surface area contributed by atoms with E-state index in [2.05, 4.69) is 15.9 Å². The molecule has 1 aliphatic heterocycles. The van der Waals surface area contributed by atoms with Crippen molar-refractivity contribution in [2.24, 2.45) is 0 Å². The summed E-state index contributed by atoms with van der Waals surface area (Å²) in [6.45, 7) is -0.506. The zero-order valence-electron chi connectivity index (χ0n) is 10.7. The van der Waals surface area contributed by atoms with Gasteiger partial charge in [0.15, 0.2) is 0 Å². The van der Waals surface area contributed by atoms with Crippen LogP contribution < -0.4 is 0 Å². The first-order valence-corrected chi connectivity index (χ1v) is 7.93. The SMILES string of the molecule is O=S(c1ccc(Br)cc1C(F)(F)F)N1CCC(O)(CO)C1. The summed E-state index contributed by atoms with van der Waals surface area (Å²) in [5.41, 5.74) is -2.39. The smallest absolute Gasteiger partial charge is 0.393 e. The number of hydrogen-bond acceptors (Lipinski definition) is 3. The van der Waals surface area contributed by atoms with Gasteiger partial charge in [-0.25, -0.2) is 8.51 Å². The maximum Gasteiger partial charge on any atom is 0.417 e. The lowest BCUT2D eigenvalue weighted by Crippen LogP contribution is -2.37. The van der Waals surface area contributed by atoms with Gasteiger partial charge >= 0.3 is 6.18 Å². The Morgan fingerprint density at radius 2 is 2.10 bits per heavy atom. The molecule has 0 amide bonds. The number of alkyl halides is 3. The van der Waals surface area contributed by atoms with Crippen molar-refractivity contribution >= 4 is 26.9 Å². The maximum absolute atomic E-state index is 13.0. The number of hydrogen-bond donors (Lipinski definition) is 2. The topological polar surface area (TPSA) is 60.8 Å². The summed E-state index contributed by atoms with van der Waals surface area (Å²) >= 11 is 2.97.